The highest BCUT2D eigenvalue weighted by atomic mass is 32.2. The molecule has 0 aromatic heterocycles. The van der Waals surface area contributed by atoms with Gasteiger partial charge < -0.3 is 5.32 Å². The van der Waals surface area contributed by atoms with E-state index in [1.807, 2.05) is 19.1 Å². The number of carbonyl (C=O) groups is 1. The van der Waals surface area contributed by atoms with Crippen LogP contribution in [0.5, 0.6) is 0 Å². The fourth-order valence-electron chi connectivity index (χ4n) is 2.62. The van der Waals surface area contributed by atoms with E-state index in [9.17, 15) is 13.2 Å². The maximum absolute atomic E-state index is 11.9. The second-order valence-corrected chi connectivity index (χ2v) is 7.44. The van der Waals surface area contributed by atoms with Crippen molar-refractivity contribution in [2.75, 3.05) is 12.8 Å². The molecule has 0 heterocycles. The van der Waals surface area contributed by atoms with Crippen molar-refractivity contribution in [3.63, 3.8) is 0 Å². The molecular weight excluding hydrogens is 276 g/mol. The zero-order chi connectivity index (χ0) is 14.8. The van der Waals surface area contributed by atoms with Gasteiger partial charge in [-0.1, -0.05) is 24.3 Å². The number of aryl methyl sites for hydroxylation is 1. The molecule has 1 aromatic carbocycles. The topological polar surface area (TPSA) is 75.3 Å². The molecule has 2 N–H and O–H groups in total. The molecule has 1 aliphatic carbocycles. The van der Waals surface area contributed by atoms with Crippen molar-refractivity contribution in [3.8, 4) is 0 Å². The molecule has 0 bridgehead atoms. The molecule has 1 aliphatic rings. The lowest BCUT2D eigenvalue weighted by Crippen LogP contribution is -2.51. The third kappa shape index (κ3) is 3.58. The van der Waals surface area contributed by atoms with E-state index in [1.165, 1.54) is 18.2 Å². The molecule has 0 radical (unpaired) electrons. The lowest BCUT2D eigenvalue weighted by Gasteiger charge is -2.35. The van der Waals surface area contributed by atoms with Crippen LogP contribution in [-0.2, 0) is 27.7 Å². The first-order chi connectivity index (χ1) is 9.34. The Morgan fingerprint density at radius 1 is 1.30 bits per heavy atom. The Morgan fingerprint density at radius 2 is 1.95 bits per heavy atom. The summed E-state index contributed by atoms with van der Waals surface area (Å²) < 4.78 is 24.9. The van der Waals surface area contributed by atoms with Gasteiger partial charge in [0.05, 0.1) is 0 Å². The molecule has 2 rings (SSSR count). The molecule has 20 heavy (non-hydrogen) atoms. The van der Waals surface area contributed by atoms with E-state index in [1.54, 1.807) is 0 Å². The Labute approximate surface area is 119 Å². The molecule has 0 aliphatic heterocycles. The summed E-state index contributed by atoms with van der Waals surface area (Å²) in [5.74, 6) is -0.984. The fourth-order valence-corrected chi connectivity index (χ4v) is 3.18. The molecule has 5 nitrogen and oxygen atoms in total. The maximum Gasteiger partial charge on any atom is 0.237 e. The largest absolute Gasteiger partial charge is 0.350 e. The van der Waals surface area contributed by atoms with Crippen LogP contribution in [0.15, 0.2) is 24.3 Å². The normalized spacial score (nSPS) is 22.1. The van der Waals surface area contributed by atoms with Gasteiger partial charge in [-0.05, 0) is 44.4 Å². The highest BCUT2D eigenvalue weighted by Crippen LogP contribution is 2.28. The van der Waals surface area contributed by atoms with Crippen molar-refractivity contribution in [1.82, 2.24) is 10.0 Å². The minimum Gasteiger partial charge on any atom is -0.350 e. The number of nitrogens with one attached hydrogen (secondary N) is 2. The third-order valence-electron chi connectivity index (χ3n) is 3.72. The molecule has 6 heteroatoms. The van der Waals surface area contributed by atoms with E-state index < -0.39 is 21.7 Å². The Kier molecular flexibility index (Phi) is 4.15. The molecule has 0 saturated carbocycles. The first-order valence-electron chi connectivity index (χ1n) is 6.63. The van der Waals surface area contributed by atoms with Crippen molar-refractivity contribution in [3.05, 3.63) is 35.4 Å². The molecule has 1 amide bonds. The van der Waals surface area contributed by atoms with E-state index in [0.29, 0.717) is 0 Å². The molecule has 1 aromatic rings. The zero-order valence-electron chi connectivity index (χ0n) is 11.8. The predicted octanol–water partition coefficient (Wildman–Crippen LogP) is 0.599. The zero-order valence-corrected chi connectivity index (χ0v) is 12.6. The third-order valence-corrected chi connectivity index (χ3v) is 4.98. The van der Waals surface area contributed by atoms with Gasteiger partial charge >= 0.3 is 0 Å². The SMILES string of the molecule is CNS(=O)(=O)CC(=O)NC1(C)CCc2ccccc2C1. The van der Waals surface area contributed by atoms with Gasteiger partial charge in [0, 0.05) is 5.54 Å². The standard InChI is InChI=1S/C14H20N2O3S/c1-14(16-13(17)10-20(18,19)15-2)8-7-11-5-3-4-6-12(11)9-14/h3-6,15H,7-10H2,1-2H3,(H,16,17). The van der Waals surface area contributed by atoms with Crippen LogP contribution in [-0.4, -0.2) is 32.7 Å². The number of rotatable bonds is 4. The van der Waals surface area contributed by atoms with Gasteiger partial charge in [-0.3, -0.25) is 4.79 Å². The molecule has 110 valence electrons. The smallest absolute Gasteiger partial charge is 0.237 e. The number of hydrogen-bond acceptors (Lipinski definition) is 3. The number of benzene rings is 1. The molecule has 0 saturated heterocycles. The van der Waals surface area contributed by atoms with Crippen LogP contribution < -0.4 is 10.0 Å². The van der Waals surface area contributed by atoms with E-state index >= 15 is 0 Å². The average molecular weight is 296 g/mol. The van der Waals surface area contributed by atoms with Crippen molar-refractivity contribution < 1.29 is 13.2 Å². The number of amides is 1. The molecule has 1 unspecified atom stereocenters. The molecule has 1 atom stereocenters. The van der Waals surface area contributed by atoms with Gasteiger partial charge in [-0.25, -0.2) is 13.1 Å². The van der Waals surface area contributed by atoms with Crippen LogP contribution in [0.1, 0.15) is 24.5 Å². The highest BCUT2D eigenvalue weighted by Gasteiger charge is 2.32. The van der Waals surface area contributed by atoms with E-state index in [-0.39, 0.29) is 5.54 Å². The van der Waals surface area contributed by atoms with E-state index in [0.717, 1.165) is 19.3 Å². The number of carbonyl (C=O) groups excluding carboxylic acids is 1. The summed E-state index contributed by atoms with van der Waals surface area (Å²) >= 11 is 0. The lowest BCUT2D eigenvalue weighted by atomic mass is 9.79. The summed E-state index contributed by atoms with van der Waals surface area (Å²) in [4.78, 5) is 11.9. The first-order valence-corrected chi connectivity index (χ1v) is 8.28. The summed E-state index contributed by atoms with van der Waals surface area (Å²) in [7, 11) is -2.21. The predicted molar refractivity (Wildman–Crippen MR) is 77.9 cm³/mol. The number of hydrogen-bond donors (Lipinski definition) is 2. The number of fused-ring (bicyclic) bond motifs is 1. The number of sulfonamides is 1. The van der Waals surface area contributed by atoms with Crippen LogP contribution in [0.4, 0.5) is 0 Å². The Hall–Kier alpha value is -1.40. The maximum atomic E-state index is 11.9. The summed E-state index contributed by atoms with van der Waals surface area (Å²) in [5, 5.41) is 2.87. The Balaban J connectivity index is 2.05. The summed E-state index contributed by atoms with van der Waals surface area (Å²) in [6.07, 6.45) is 2.44. The fraction of sp³-hybridized carbons (Fsp3) is 0.500. The van der Waals surface area contributed by atoms with Gasteiger partial charge in [0.25, 0.3) is 0 Å². The van der Waals surface area contributed by atoms with Crippen molar-refractivity contribution >= 4 is 15.9 Å². The van der Waals surface area contributed by atoms with Crippen molar-refractivity contribution in [2.45, 2.75) is 31.7 Å². The second kappa shape index (κ2) is 5.54. The quantitative estimate of drug-likeness (QED) is 0.854. The van der Waals surface area contributed by atoms with Crippen molar-refractivity contribution in [1.29, 1.82) is 0 Å². The first kappa shape index (κ1) is 15.0. The highest BCUT2D eigenvalue weighted by molar-refractivity contribution is 7.90. The molecule has 0 fully saturated rings. The lowest BCUT2D eigenvalue weighted by molar-refractivity contribution is -0.120. The van der Waals surface area contributed by atoms with Crippen LogP contribution in [0.25, 0.3) is 0 Å². The molecular formula is C14H20N2O3S. The average Bonchev–Trinajstić information content (AvgIpc) is 2.37. The Bertz CT molecular complexity index is 613. The van der Waals surface area contributed by atoms with E-state index in [4.69, 9.17) is 0 Å². The monoisotopic (exact) mass is 296 g/mol. The Morgan fingerprint density at radius 3 is 2.60 bits per heavy atom. The van der Waals surface area contributed by atoms with Crippen molar-refractivity contribution in [2.24, 2.45) is 0 Å². The summed E-state index contributed by atoms with van der Waals surface area (Å²) in [5.41, 5.74) is 2.15. The van der Waals surface area contributed by atoms with Crippen LogP contribution in [0.2, 0.25) is 0 Å². The minimum absolute atomic E-state index is 0.380. The van der Waals surface area contributed by atoms with Gasteiger partial charge in [-0.15, -0.1) is 0 Å². The van der Waals surface area contributed by atoms with Crippen LogP contribution in [0.3, 0.4) is 0 Å². The van der Waals surface area contributed by atoms with Gasteiger partial charge in [0.15, 0.2) is 0 Å². The molecule has 0 spiro atoms. The van der Waals surface area contributed by atoms with E-state index in [2.05, 4.69) is 22.2 Å². The summed E-state index contributed by atoms with van der Waals surface area (Å²) in [6.45, 7) is 1.97. The van der Waals surface area contributed by atoms with Gasteiger partial charge in [0.2, 0.25) is 15.9 Å². The summed E-state index contributed by atoms with van der Waals surface area (Å²) in [6, 6.07) is 8.16. The van der Waals surface area contributed by atoms with Crippen LogP contribution in [0, 0.1) is 0 Å². The second-order valence-electron chi connectivity index (χ2n) is 5.52. The van der Waals surface area contributed by atoms with Gasteiger partial charge in [-0.2, -0.15) is 0 Å². The minimum atomic E-state index is -3.52. The van der Waals surface area contributed by atoms with Gasteiger partial charge in [0.1, 0.15) is 5.75 Å². The van der Waals surface area contributed by atoms with Crippen LogP contribution >= 0.6 is 0 Å².